The number of nitrogens with one attached hydrogen (secondary N) is 1. The van der Waals surface area contributed by atoms with Gasteiger partial charge in [-0.1, -0.05) is 31.7 Å². The summed E-state index contributed by atoms with van der Waals surface area (Å²) in [6.07, 6.45) is 4.28. The summed E-state index contributed by atoms with van der Waals surface area (Å²) in [5.41, 5.74) is 0. The first-order valence-electron chi connectivity index (χ1n) is 5.28. The number of rotatable bonds is 6. The van der Waals surface area contributed by atoms with Crippen LogP contribution in [0.1, 0.15) is 44.5 Å². The molecule has 1 N–H and O–H groups in total. The Labute approximate surface area is 90.1 Å². The quantitative estimate of drug-likeness (QED) is 0.789. The second-order valence-electron chi connectivity index (χ2n) is 3.68. The number of nitrogens with zero attached hydrogens (tertiary/aromatic N) is 2. The van der Waals surface area contributed by atoms with E-state index in [0.717, 1.165) is 12.5 Å². The van der Waals surface area contributed by atoms with E-state index in [0.29, 0.717) is 6.04 Å². The van der Waals surface area contributed by atoms with Gasteiger partial charge in [0.25, 0.3) is 0 Å². The van der Waals surface area contributed by atoms with E-state index >= 15 is 0 Å². The first-order chi connectivity index (χ1) is 6.77. The van der Waals surface area contributed by atoms with Gasteiger partial charge in [0, 0.05) is 6.04 Å². The summed E-state index contributed by atoms with van der Waals surface area (Å²) in [6.45, 7) is 7.66. The Morgan fingerprint density at radius 2 is 2.29 bits per heavy atom. The lowest BCUT2D eigenvalue weighted by molar-refractivity contribution is 0.412. The zero-order chi connectivity index (χ0) is 10.4. The molecule has 0 fully saturated rings. The fourth-order valence-electron chi connectivity index (χ4n) is 1.44. The lowest BCUT2D eigenvalue weighted by atomic mass is 9.99. The second-order valence-corrected chi connectivity index (χ2v) is 4.50. The van der Waals surface area contributed by atoms with Crippen LogP contribution in [0.2, 0.25) is 0 Å². The fraction of sp³-hybridized carbons (Fsp3) is 0.800. The minimum absolute atomic E-state index is 0.440. The van der Waals surface area contributed by atoms with Gasteiger partial charge in [-0.05, 0) is 30.4 Å². The summed E-state index contributed by atoms with van der Waals surface area (Å²) in [5.74, 6) is 0.751. The van der Waals surface area contributed by atoms with Gasteiger partial charge in [0.15, 0.2) is 0 Å². The second kappa shape index (κ2) is 6.09. The molecule has 1 heterocycles. The number of hydrogen-bond donors (Lipinski definition) is 1. The van der Waals surface area contributed by atoms with Crippen LogP contribution in [0.5, 0.6) is 0 Å². The maximum Gasteiger partial charge on any atom is 0.0669 e. The highest BCUT2D eigenvalue weighted by Crippen LogP contribution is 2.24. The largest absolute Gasteiger partial charge is 0.309 e. The van der Waals surface area contributed by atoms with E-state index in [1.54, 1.807) is 0 Å². The molecule has 4 heteroatoms. The molecule has 0 aliphatic carbocycles. The van der Waals surface area contributed by atoms with E-state index in [1.807, 2.05) is 6.20 Å². The predicted octanol–water partition coefficient (Wildman–Crippen LogP) is 2.62. The van der Waals surface area contributed by atoms with Crippen molar-refractivity contribution >= 4 is 11.5 Å². The first-order valence-corrected chi connectivity index (χ1v) is 6.05. The molecular weight excluding hydrogens is 194 g/mol. The maximum atomic E-state index is 3.91. The third kappa shape index (κ3) is 3.35. The van der Waals surface area contributed by atoms with Crippen molar-refractivity contribution in [3.63, 3.8) is 0 Å². The lowest BCUT2D eigenvalue weighted by Gasteiger charge is -2.18. The molecule has 3 nitrogen and oxygen atoms in total. The Morgan fingerprint density at radius 1 is 1.50 bits per heavy atom. The highest BCUT2D eigenvalue weighted by atomic mass is 32.1. The van der Waals surface area contributed by atoms with Gasteiger partial charge < -0.3 is 5.32 Å². The summed E-state index contributed by atoms with van der Waals surface area (Å²) in [4.78, 5) is 1.26. The van der Waals surface area contributed by atoms with Crippen molar-refractivity contribution in [2.24, 2.45) is 5.92 Å². The minimum Gasteiger partial charge on any atom is -0.309 e. The molecule has 80 valence electrons. The normalized spacial score (nSPS) is 15.4. The van der Waals surface area contributed by atoms with Gasteiger partial charge in [0.1, 0.15) is 0 Å². The molecule has 1 aromatic rings. The van der Waals surface area contributed by atoms with Crippen LogP contribution in [0, 0.1) is 5.92 Å². The Bertz CT molecular complexity index is 236. The molecule has 1 rings (SSSR count). The van der Waals surface area contributed by atoms with Crippen LogP contribution in [-0.2, 0) is 0 Å². The minimum atomic E-state index is 0.440. The average molecular weight is 213 g/mol. The Balaban J connectivity index is 2.55. The van der Waals surface area contributed by atoms with Crippen molar-refractivity contribution in [3.8, 4) is 0 Å². The van der Waals surface area contributed by atoms with E-state index in [1.165, 1.54) is 29.3 Å². The van der Waals surface area contributed by atoms with Crippen LogP contribution in [-0.4, -0.2) is 16.1 Å². The number of aromatic nitrogens is 2. The van der Waals surface area contributed by atoms with Crippen molar-refractivity contribution in [1.29, 1.82) is 0 Å². The molecule has 2 atom stereocenters. The van der Waals surface area contributed by atoms with Crippen molar-refractivity contribution in [1.82, 2.24) is 14.9 Å². The summed E-state index contributed by atoms with van der Waals surface area (Å²) < 4.78 is 3.91. The monoisotopic (exact) mass is 213 g/mol. The SMILES string of the molecule is CCNC(CC(C)CC)c1cnns1. The fourth-order valence-corrected chi connectivity index (χ4v) is 2.03. The summed E-state index contributed by atoms with van der Waals surface area (Å²) >= 11 is 1.50. The zero-order valence-electron chi connectivity index (χ0n) is 9.16. The van der Waals surface area contributed by atoms with Crippen molar-refractivity contribution in [2.45, 2.75) is 39.7 Å². The van der Waals surface area contributed by atoms with E-state index in [2.05, 4.69) is 35.7 Å². The van der Waals surface area contributed by atoms with Crippen LogP contribution in [0.3, 0.4) is 0 Å². The average Bonchev–Trinajstić information content (AvgIpc) is 2.69. The third-order valence-electron chi connectivity index (χ3n) is 2.51. The first kappa shape index (κ1) is 11.6. The molecule has 2 unspecified atom stereocenters. The van der Waals surface area contributed by atoms with Gasteiger partial charge >= 0.3 is 0 Å². The van der Waals surface area contributed by atoms with Gasteiger partial charge in [0.2, 0.25) is 0 Å². The summed E-state index contributed by atoms with van der Waals surface area (Å²) in [6, 6.07) is 0.440. The standard InChI is InChI=1S/C10H19N3S/c1-4-8(3)6-9(11-5-2)10-7-12-13-14-10/h7-9,11H,4-6H2,1-3H3. The molecule has 0 bridgehead atoms. The Hall–Kier alpha value is -0.480. The summed E-state index contributed by atoms with van der Waals surface area (Å²) in [7, 11) is 0. The highest BCUT2D eigenvalue weighted by molar-refractivity contribution is 7.05. The Kier molecular flexibility index (Phi) is 5.04. The van der Waals surface area contributed by atoms with E-state index in [4.69, 9.17) is 0 Å². The molecule has 0 spiro atoms. The van der Waals surface area contributed by atoms with Crippen LogP contribution in [0.4, 0.5) is 0 Å². The van der Waals surface area contributed by atoms with Crippen molar-refractivity contribution in [3.05, 3.63) is 11.1 Å². The van der Waals surface area contributed by atoms with E-state index in [-0.39, 0.29) is 0 Å². The lowest BCUT2D eigenvalue weighted by Crippen LogP contribution is -2.22. The molecule has 0 amide bonds. The molecule has 0 aromatic carbocycles. The third-order valence-corrected chi connectivity index (χ3v) is 3.28. The summed E-state index contributed by atoms with van der Waals surface area (Å²) in [5, 5.41) is 7.37. The maximum absolute atomic E-state index is 3.91. The Morgan fingerprint density at radius 3 is 2.79 bits per heavy atom. The topological polar surface area (TPSA) is 37.8 Å². The van der Waals surface area contributed by atoms with Crippen LogP contribution in [0.25, 0.3) is 0 Å². The molecule has 0 aliphatic heterocycles. The molecule has 0 aliphatic rings. The smallest absolute Gasteiger partial charge is 0.0669 e. The molecule has 0 saturated heterocycles. The van der Waals surface area contributed by atoms with Gasteiger partial charge in [0.05, 0.1) is 11.1 Å². The van der Waals surface area contributed by atoms with Crippen molar-refractivity contribution < 1.29 is 0 Å². The van der Waals surface area contributed by atoms with Gasteiger partial charge in [-0.25, -0.2) is 0 Å². The van der Waals surface area contributed by atoms with Crippen LogP contribution >= 0.6 is 11.5 Å². The number of hydrogen-bond acceptors (Lipinski definition) is 4. The van der Waals surface area contributed by atoms with Crippen LogP contribution < -0.4 is 5.32 Å². The van der Waals surface area contributed by atoms with Gasteiger partial charge in [-0.3, -0.25) is 0 Å². The van der Waals surface area contributed by atoms with Crippen molar-refractivity contribution in [2.75, 3.05) is 6.54 Å². The van der Waals surface area contributed by atoms with E-state index in [9.17, 15) is 0 Å². The molecule has 14 heavy (non-hydrogen) atoms. The van der Waals surface area contributed by atoms with Gasteiger partial charge in [-0.2, -0.15) is 0 Å². The molecular formula is C10H19N3S. The predicted molar refractivity (Wildman–Crippen MR) is 60.4 cm³/mol. The molecule has 0 radical (unpaired) electrons. The van der Waals surface area contributed by atoms with Gasteiger partial charge in [-0.15, -0.1) is 5.10 Å². The molecule has 0 saturated carbocycles. The zero-order valence-corrected chi connectivity index (χ0v) is 9.97. The van der Waals surface area contributed by atoms with Crippen LogP contribution in [0.15, 0.2) is 6.20 Å². The van der Waals surface area contributed by atoms with E-state index < -0.39 is 0 Å². The molecule has 1 aromatic heterocycles. The highest BCUT2D eigenvalue weighted by Gasteiger charge is 2.15.